The number of aliphatic imine (C=N–C) groups is 1. The van der Waals surface area contributed by atoms with Gasteiger partial charge in [-0.25, -0.2) is 0 Å². The van der Waals surface area contributed by atoms with Gasteiger partial charge in [0, 0.05) is 6.04 Å². The fraction of sp³-hybridized carbons (Fsp3) is 0.833. The molecule has 1 amide bonds. The summed E-state index contributed by atoms with van der Waals surface area (Å²) in [7, 11) is 0. The standard InChI is InChI=1S/C12H21N3O/c1-9(2)13-11-14-10(16)12(15-11)7-5-3-4-6-8-12/h9H,3-8H2,1-2H3,(H2,13,14,15,16). The van der Waals surface area contributed by atoms with Crippen LogP contribution >= 0.6 is 0 Å². The van der Waals surface area contributed by atoms with E-state index in [0.29, 0.717) is 5.96 Å². The molecule has 0 radical (unpaired) electrons. The van der Waals surface area contributed by atoms with Crippen molar-refractivity contribution in [1.29, 1.82) is 0 Å². The first-order valence-electron chi connectivity index (χ1n) is 6.30. The molecule has 1 aliphatic heterocycles. The molecular weight excluding hydrogens is 202 g/mol. The van der Waals surface area contributed by atoms with Gasteiger partial charge < -0.3 is 5.32 Å². The second kappa shape index (κ2) is 4.44. The molecule has 4 nitrogen and oxygen atoms in total. The zero-order chi connectivity index (χ0) is 11.6. The van der Waals surface area contributed by atoms with Crippen molar-refractivity contribution in [3.8, 4) is 0 Å². The van der Waals surface area contributed by atoms with E-state index in [1.54, 1.807) is 0 Å². The quantitative estimate of drug-likeness (QED) is 0.709. The maximum absolute atomic E-state index is 12.0. The van der Waals surface area contributed by atoms with Gasteiger partial charge >= 0.3 is 0 Å². The molecular formula is C12H21N3O. The Morgan fingerprint density at radius 1 is 1.19 bits per heavy atom. The van der Waals surface area contributed by atoms with E-state index in [1.165, 1.54) is 12.8 Å². The fourth-order valence-electron chi connectivity index (χ4n) is 2.55. The molecule has 1 heterocycles. The summed E-state index contributed by atoms with van der Waals surface area (Å²) < 4.78 is 0. The number of carbonyl (C=O) groups is 1. The monoisotopic (exact) mass is 223 g/mol. The first-order valence-corrected chi connectivity index (χ1v) is 6.30. The van der Waals surface area contributed by atoms with Crippen LogP contribution in [0.1, 0.15) is 52.4 Å². The summed E-state index contributed by atoms with van der Waals surface area (Å²) in [6.07, 6.45) is 6.64. The molecule has 0 aromatic carbocycles. The maximum Gasteiger partial charge on any atom is 0.252 e. The summed E-state index contributed by atoms with van der Waals surface area (Å²) in [6.45, 7) is 4.03. The van der Waals surface area contributed by atoms with Crippen LogP contribution in [0.3, 0.4) is 0 Å². The van der Waals surface area contributed by atoms with Gasteiger partial charge in [0.05, 0.1) is 0 Å². The van der Waals surface area contributed by atoms with Gasteiger partial charge in [-0.15, -0.1) is 0 Å². The highest BCUT2D eigenvalue weighted by molar-refractivity contribution is 6.09. The summed E-state index contributed by atoms with van der Waals surface area (Å²) >= 11 is 0. The Balaban J connectivity index is 2.13. The molecule has 1 saturated heterocycles. The van der Waals surface area contributed by atoms with Gasteiger partial charge in [-0.05, 0) is 26.7 Å². The largest absolute Gasteiger partial charge is 0.342 e. The second-order valence-electron chi connectivity index (χ2n) is 5.15. The average molecular weight is 223 g/mol. The molecule has 2 rings (SSSR count). The lowest BCUT2D eigenvalue weighted by Gasteiger charge is -2.24. The molecule has 1 aliphatic carbocycles. The zero-order valence-electron chi connectivity index (χ0n) is 10.2. The minimum atomic E-state index is -0.357. The third kappa shape index (κ3) is 2.20. The van der Waals surface area contributed by atoms with E-state index >= 15 is 0 Å². The fourth-order valence-corrected chi connectivity index (χ4v) is 2.55. The lowest BCUT2D eigenvalue weighted by molar-refractivity contribution is -0.124. The molecule has 2 fully saturated rings. The van der Waals surface area contributed by atoms with Crippen LogP contribution in [0.15, 0.2) is 4.99 Å². The molecule has 0 aromatic heterocycles. The van der Waals surface area contributed by atoms with Crippen LogP contribution in [0, 0.1) is 0 Å². The Kier molecular flexibility index (Phi) is 3.17. The molecule has 1 saturated carbocycles. The van der Waals surface area contributed by atoms with Crippen LogP contribution in [0.5, 0.6) is 0 Å². The molecule has 90 valence electrons. The second-order valence-corrected chi connectivity index (χ2v) is 5.15. The Morgan fingerprint density at radius 3 is 2.38 bits per heavy atom. The van der Waals surface area contributed by atoms with Crippen molar-refractivity contribution >= 4 is 11.9 Å². The summed E-state index contributed by atoms with van der Waals surface area (Å²) in [5, 5.41) is 6.19. The Morgan fingerprint density at radius 2 is 1.81 bits per heavy atom. The van der Waals surface area contributed by atoms with Gasteiger partial charge in [0.25, 0.3) is 5.91 Å². The third-order valence-electron chi connectivity index (χ3n) is 3.37. The molecule has 2 aliphatic rings. The lowest BCUT2D eigenvalue weighted by Crippen LogP contribution is -2.46. The van der Waals surface area contributed by atoms with Crippen LogP contribution in [-0.4, -0.2) is 23.4 Å². The molecule has 4 heteroatoms. The first kappa shape index (κ1) is 11.4. The molecule has 1 spiro atoms. The summed E-state index contributed by atoms with van der Waals surface area (Å²) in [4.78, 5) is 16.4. The van der Waals surface area contributed by atoms with Crippen LogP contribution in [0.2, 0.25) is 0 Å². The van der Waals surface area contributed by atoms with E-state index in [9.17, 15) is 4.79 Å². The van der Waals surface area contributed by atoms with E-state index < -0.39 is 0 Å². The number of guanidine groups is 1. The number of nitrogens with one attached hydrogen (secondary N) is 2. The Labute approximate surface area is 96.9 Å². The lowest BCUT2D eigenvalue weighted by atomic mass is 9.91. The van der Waals surface area contributed by atoms with Gasteiger partial charge in [-0.1, -0.05) is 25.7 Å². The van der Waals surface area contributed by atoms with E-state index in [0.717, 1.165) is 25.7 Å². The number of hydrogen-bond donors (Lipinski definition) is 2. The van der Waals surface area contributed by atoms with Crippen molar-refractivity contribution in [2.75, 3.05) is 0 Å². The van der Waals surface area contributed by atoms with E-state index in [-0.39, 0.29) is 17.5 Å². The number of amides is 1. The summed E-state index contributed by atoms with van der Waals surface area (Å²) in [6, 6.07) is 0.212. The minimum Gasteiger partial charge on any atom is -0.342 e. The maximum atomic E-state index is 12.0. The van der Waals surface area contributed by atoms with Crippen molar-refractivity contribution < 1.29 is 4.79 Å². The molecule has 0 aromatic rings. The van der Waals surface area contributed by atoms with Crippen LogP contribution < -0.4 is 10.6 Å². The highest BCUT2D eigenvalue weighted by Gasteiger charge is 2.44. The predicted molar refractivity (Wildman–Crippen MR) is 64.3 cm³/mol. The van der Waals surface area contributed by atoms with Gasteiger partial charge in [-0.2, -0.15) is 0 Å². The van der Waals surface area contributed by atoms with Crippen LogP contribution in [-0.2, 0) is 4.79 Å². The average Bonchev–Trinajstić information content (AvgIpc) is 2.38. The van der Waals surface area contributed by atoms with E-state index in [1.807, 2.05) is 13.8 Å². The normalized spacial score (nSPS) is 26.9. The molecule has 16 heavy (non-hydrogen) atoms. The summed E-state index contributed by atoms with van der Waals surface area (Å²) in [5.74, 6) is 0.788. The molecule has 0 bridgehead atoms. The Hall–Kier alpha value is -1.06. The van der Waals surface area contributed by atoms with E-state index in [4.69, 9.17) is 0 Å². The highest BCUT2D eigenvalue weighted by Crippen LogP contribution is 2.29. The van der Waals surface area contributed by atoms with Gasteiger partial charge in [0.15, 0.2) is 5.96 Å². The Bertz CT molecular complexity index is 301. The predicted octanol–water partition coefficient (Wildman–Crippen LogP) is 1.56. The van der Waals surface area contributed by atoms with Gasteiger partial charge in [-0.3, -0.25) is 15.1 Å². The van der Waals surface area contributed by atoms with Gasteiger partial charge in [0.1, 0.15) is 5.54 Å². The summed E-state index contributed by atoms with van der Waals surface area (Å²) in [5.41, 5.74) is -0.357. The van der Waals surface area contributed by atoms with Crippen molar-refractivity contribution in [1.82, 2.24) is 10.6 Å². The number of rotatable bonds is 1. The number of carbonyl (C=O) groups excluding carboxylic acids is 1. The minimum absolute atomic E-state index is 0.119. The highest BCUT2D eigenvalue weighted by atomic mass is 16.2. The molecule has 0 atom stereocenters. The molecule has 2 N–H and O–H groups in total. The van der Waals surface area contributed by atoms with Crippen molar-refractivity contribution in [3.63, 3.8) is 0 Å². The number of hydrogen-bond acceptors (Lipinski definition) is 2. The van der Waals surface area contributed by atoms with Gasteiger partial charge in [0.2, 0.25) is 0 Å². The number of nitrogens with zero attached hydrogens (tertiary/aromatic N) is 1. The third-order valence-corrected chi connectivity index (χ3v) is 3.37. The van der Waals surface area contributed by atoms with Crippen LogP contribution in [0.4, 0.5) is 0 Å². The first-order chi connectivity index (χ1) is 7.62. The topological polar surface area (TPSA) is 53.5 Å². The van der Waals surface area contributed by atoms with Crippen molar-refractivity contribution in [2.45, 2.75) is 64.0 Å². The smallest absolute Gasteiger partial charge is 0.252 e. The SMILES string of the molecule is CC(C)N=C1NC(=O)C2(CCCCCC2)N1. The van der Waals surface area contributed by atoms with Crippen molar-refractivity contribution in [3.05, 3.63) is 0 Å². The zero-order valence-corrected chi connectivity index (χ0v) is 10.2. The van der Waals surface area contributed by atoms with E-state index in [2.05, 4.69) is 15.6 Å². The van der Waals surface area contributed by atoms with Crippen molar-refractivity contribution in [2.24, 2.45) is 4.99 Å². The molecule has 0 unspecified atom stereocenters. The van der Waals surface area contributed by atoms with Crippen LogP contribution in [0.25, 0.3) is 0 Å².